The molecule has 15 nitrogen and oxygen atoms in total. The van der Waals surface area contributed by atoms with Crippen molar-refractivity contribution in [2.45, 2.75) is 24.9 Å². The average Bonchev–Trinajstić information content (AvgIpc) is 4.00. The number of nitriles is 2. The van der Waals surface area contributed by atoms with Crippen molar-refractivity contribution >= 4 is 28.2 Å². The minimum atomic E-state index is -0.536. The van der Waals surface area contributed by atoms with Crippen molar-refractivity contribution < 1.29 is 14.0 Å². The van der Waals surface area contributed by atoms with Crippen molar-refractivity contribution in [3.8, 4) is 34.6 Å². The fourth-order valence-corrected chi connectivity index (χ4v) is 6.76. The van der Waals surface area contributed by atoms with E-state index in [4.69, 9.17) is 10.5 Å². The van der Waals surface area contributed by atoms with Gasteiger partial charge in [-0.1, -0.05) is 6.07 Å². The van der Waals surface area contributed by atoms with Crippen molar-refractivity contribution in [1.29, 1.82) is 10.5 Å². The molecule has 16 heteroatoms. The number of likely N-dealkylation sites (tertiary alicyclic amines) is 2. The van der Waals surface area contributed by atoms with Crippen LogP contribution in [-0.4, -0.2) is 93.4 Å². The second kappa shape index (κ2) is 13.9. The van der Waals surface area contributed by atoms with Gasteiger partial charge >= 0.3 is 0 Å². The largest absolute Gasteiger partial charge is 0.346 e. The fourth-order valence-electron chi connectivity index (χ4n) is 6.76. The highest BCUT2D eigenvalue weighted by Gasteiger charge is 2.28. The molecular formula is C36H36FN13O2. The number of fused-ring (bicyclic) bond motifs is 2. The average molecular weight is 702 g/mol. The lowest BCUT2D eigenvalue weighted by Crippen LogP contribution is -2.37. The molecule has 0 bridgehead atoms. The Morgan fingerprint density at radius 2 is 1.40 bits per heavy atom. The first kappa shape index (κ1) is 33.8. The van der Waals surface area contributed by atoms with E-state index in [-0.39, 0.29) is 23.7 Å². The molecule has 0 radical (unpaired) electrons. The molecule has 0 aliphatic carbocycles. The summed E-state index contributed by atoms with van der Waals surface area (Å²) in [6.45, 7) is 2.29. The number of amides is 2. The summed E-state index contributed by atoms with van der Waals surface area (Å²) in [7, 11) is 5.38. The van der Waals surface area contributed by atoms with Gasteiger partial charge in [-0.25, -0.2) is 9.37 Å². The van der Waals surface area contributed by atoms with Crippen LogP contribution in [0.1, 0.15) is 33.9 Å². The quantitative estimate of drug-likeness (QED) is 0.248. The Kier molecular flexibility index (Phi) is 9.04. The number of aryl methyl sites for hydroxylation is 3. The number of imidazole rings is 1. The van der Waals surface area contributed by atoms with E-state index in [1.54, 1.807) is 59.8 Å². The van der Waals surface area contributed by atoms with Gasteiger partial charge in [0.25, 0.3) is 11.8 Å². The zero-order valence-electron chi connectivity index (χ0n) is 28.9. The fraction of sp³-hybridized carbons (Fsp3) is 0.306. The predicted molar refractivity (Wildman–Crippen MR) is 189 cm³/mol. The monoisotopic (exact) mass is 701 g/mol. The van der Waals surface area contributed by atoms with E-state index in [0.717, 1.165) is 34.2 Å². The third kappa shape index (κ3) is 6.61. The molecule has 2 fully saturated rings. The third-order valence-corrected chi connectivity index (χ3v) is 9.49. The van der Waals surface area contributed by atoms with E-state index in [2.05, 4.69) is 38.2 Å². The summed E-state index contributed by atoms with van der Waals surface area (Å²) >= 11 is 0. The highest BCUT2D eigenvalue weighted by molar-refractivity contribution is 6.00. The number of carbonyl (C=O) groups is 2. The maximum absolute atomic E-state index is 15.1. The van der Waals surface area contributed by atoms with Gasteiger partial charge in [0.1, 0.15) is 5.69 Å². The van der Waals surface area contributed by atoms with Crippen molar-refractivity contribution in [2.24, 2.45) is 21.1 Å². The van der Waals surface area contributed by atoms with Crippen LogP contribution in [0.3, 0.4) is 0 Å². The third-order valence-electron chi connectivity index (χ3n) is 9.49. The van der Waals surface area contributed by atoms with Crippen molar-refractivity contribution in [2.75, 3.05) is 26.2 Å². The predicted octanol–water partition coefficient (Wildman–Crippen LogP) is 3.02. The maximum Gasteiger partial charge on any atom is 0.287 e. The molecule has 0 spiro atoms. The minimum absolute atomic E-state index is 0.00347. The molecule has 264 valence electrons. The van der Waals surface area contributed by atoms with Gasteiger partial charge < -0.3 is 25.0 Å². The van der Waals surface area contributed by atoms with Gasteiger partial charge in [-0.05, 0) is 48.2 Å². The molecule has 8 rings (SSSR count). The van der Waals surface area contributed by atoms with Crippen molar-refractivity contribution in [3.63, 3.8) is 0 Å². The summed E-state index contributed by atoms with van der Waals surface area (Å²) in [5.41, 5.74) is 5.26. The highest BCUT2D eigenvalue weighted by Crippen LogP contribution is 2.29. The molecule has 2 aliphatic rings. The van der Waals surface area contributed by atoms with E-state index >= 15 is 4.39 Å². The number of nitrogens with zero attached hydrogens (tertiary/aromatic N) is 11. The normalized spacial score (nSPS) is 16.8. The molecule has 2 saturated heterocycles. The minimum Gasteiger partial charge on any atom is -0.346 e. The number of aromatic nitrogens is 7. The molecule has 6 aromatic rings. The summed E-state index contributed by atoms with van der Waals surface area (Å²) in [6.07, 6.45) is 16.5. The van der Waals surface area contributed by atoms with Crippen LogP contribution in [0.15, 0.2) is 67.5 Å². The lowest BCUT2D eigenvalue weighted by molar-refractivity contribution is 0.0918. The van der Waals surface area contributed by atoms with E-state index in [1.807, 2.05) is 57.0 Å². The molecule has 0 saturated carbocycles. The topological polar surface area (TPSA) is 170 Å². The SMILES string of the molecule is Cn1cc(-c2ccc3c(c2)c(F)c(C(=O)N[C@@H]2CCN(C#N)C2)n3C)cn1.Cn1cc(-c2ccn3c(C(=O)N[C@@H]4CCN(C#N)C4)ncc3c2)cn1. The Balaban J connectivity index is 0.000000162. The molecular weight excluding hydrogens is 665 g/mol. The van der Waals surface area contributed by atoms with Gasteiger partial charge in [-0.15, -0.1) is 0 Å². The van der Waals surface area contributed by atoms with Gasteiger partial charge in [-0.3, -0.25) is 23.4 Å². The highest BCUT2D eigenvalue weighted by atomic mass is 19.1. The smallest absolute Gasteiger partial charge is 0.287 e. The first-order valence-electron chi connectivity index (χ1n) is 16.8. The molecule has 1 aromatic carbocycles. The summed E-state index contributed by atoms with van der Waals surface area (Å²) in [5, 5.41) is 32.4. The van der Waals surface area contributed by atoms with Crippen LogP contribution in [0.2, 0.25) is 0 Å². The van der Waals surface area contributed by atoms with Gasteiger partial charge in [-0.2, -0.15) is 20.7 Å². The van der Waals surface area contributed by atoms with E-state index in [9.17, 15) is 9.59 Å². The van der Waals surface area contributed by atoms with E-state index < -0.39 is 11.7 Å². The van der Waals surface area contributed by atoms with Gasteiger partial charge in [0.05, 0.1) is 29.6 Å². The van der Waals surface area contributed by atoms with E-state index in [0.29, 0.717) is 49.3 Å². The van der Waals surface area contributed by atoms with Crippen molar-refractivity contribution in [1.82, 2.24) is 53.9 Å². The second-order valence-electron chi connectivity index (χ2n) is 13.1. The lowest BCUT2D eigenvalue weighted by atomic mass is 10.1. The standard InChI is InChI=1S/C19H19FN6O.C17H17N7O/c1-24-9-13(8-22-24)12-3-4-16-15(7-12)17(20)18(25(16)2)19(27)23-14-5-6-26(10-14)11-21;1-22-9-13(7-20-22)12-2-5-24-15(6-12)8-19-16(24)17(25)21-14-3-4-23(10-14)11-18/h3-4,7-9,14H,5-6,10H2,1-2H3,(H,23,27);2,5-9,14H,3-4,10H2,1H3,(H,21,25)/t2*14-/m11/s1. The van der Waals surface area contributed by atoms with Crippen LogP contribution in [0, 0.1) is 28.7 Å². The van der Waals surface area contributed by atoms with Crippen LogP contribution in [0.25, 0.3) is 38.7 Å². The summed E-state index contributed by atoms with van der Waals surface area (Å²) in [4.78, 5) is 32.7. The molecule has 2 aliphatic heterocycles. The molecule has 5 aromatic heterocycles. The number of rotatable bonds is 6. The van der Waals surface area contributed by atoms with Crippen LogP contribution in [0.4, 0.5) is 4.39 Å². The summed E-state index contributed by atoms with van der Waals surface area (Å²) < 4.78 is 21.9. The summed E-state index contributed by atoms with van der Waals surface area (Å²) in [6, 6.07) is 9.19. The number of hydrogen-bond donors (Lipinski definition) is 2. The van der Waals surface area contributed by atoms with E-state index in [1.165, 1.54) is 0 Å². The number of nitrogens with one attached hydrogen (secondary N) is 2. The Morgan fingerprint density at radius 3 is 1.96 bits per heavy atom. The van der Waals surface area contributed by atoms with Gasteiger partial charge in [0.15, 0.2) is 18.2 Å². The van der Waals surface area contributed by atoms with Crippen LogP contribution < -0.4 is 10.6 Å². The maximum atomic E-state index is 15.1. The Morgan fingerprint density at radius 1 is 0.808 bits per heavy atom. The van der Waals surface area contributed by atoms with Gasteiger partial charge in [0, 0.05) is 94.5 Å². The van der Waals surface area contributed by atoms with Crippen molar-refractivity contribution in [3.05, 3.63) is 84.8 Å². The van der Waals surface area contributed by atoms with Crippen LogP contribution in [-0.2, 0) is 21.1 Å². The summed E-state index contributed by atoms with van der Waals surface area (Å²) in [5.74, 6) is -0.869. The van der Waals surface area contributed by atoms with Gasteiger partial charge in [0.2, 0.25) is 5.82 Å². The first-order valence-corrected chi connectivity index (χ1v) is 16.8. The molecule has 7 heterocycles. The zero-order valence-corrected chi connectivity index (χ0v) is 28.9. The van der Waals surface area contributed by atoms with Crippen LogP contribution in [0.5, 0.6) is 0 Å². The Bertz CT molecular complexity index is 2390. The Labute approximate surface area is 298 Å². The number of halogens is 1. The molecule has 2 atom stereocenters. The number of carbonyl (C=O) groups excluding carboxylic acids is 2. The second-order valence-corrected chi connectivity index (χ2v) is 13.1. The number of pyridine rings is 1. The Hall–Kier alpha value is -6.68. The molecule has 2 N–H and O–H groups in total. The van der Waals surface area contributed by atoms with Crippen LogP contribution >= 0.6 is 0 Å². The molecule has 52 heavy (non-hydrogen) atoms. The lowest BCUT2D eigenvalue weighted by Gasteiger charge is -2.12. The number of hydrogen-bond acceptors (Lipinski definition) is 9. The first-order chi connectivity index (χ1) is 25.1. The zero-order chi connectivity index (χ0) is 36.5. The molecule has 2 amide bonds. The molecule has 0 unspecified atom stereocenters. The number of benzene rings is 1.